The lowest BCUT2D eigenvalue weighted by atomic mass is 10.2. The molecule has 7 heteroatoms. The average molecular weight is 251 g/mol. The van der Waals surface area contributed by atoms with Crippen molar-refractivity contribution in [2.24, 2.45) is 0 Å². The maximum Gasteiger partial charge on any atom is 0.329 e. The number of ether oxygens (including phenoxy) is 1. The van der Waals surface area contributed by atoms with Crippen LogP contribution in [0.2, 0.25) is 0 Å². The normalized spacial score (nSPS) is 14.7. The van der Waals surface area contributed by atoms with E-state index in [9.17, 15) is 9.36 Å². The molecule has 0 radical (unpaired) electrons. The monoisotopic (exact) mass is 251 g/mol. The van der Waals surface area contributed by atoms with Crippen molar-refractivity contribution in [1.29, 1.82) is 0 Å². The zero-order chi connectivity index (χ0) is 12.8. The molecule has 0 rings (SSSR count). The Labute approximate surface area is 94.8 Å². The molecule has 0 aromatic carbocycles. The molecular formula is C9H18NO5P. The molecule has 0 spiro atoms. The fraction of sp³-hybridized carbons (Fsp3) is 0.667. The van der Waals surface area contributed by atoms with E-state index in [0.717, 1.165) is 0 Å². The summed E-state index contributed by atoms with van der Waals surface area (Å²) in [5.41, 5.74) is 0.445. The highest BCUT2D eigenvalue weighted by atomic mass is 31.2. The van der Waals surface area contributed by atoms with E-state index in [-0.39, 0.29) is 12.8 Å². The zero-order valence-electron chi connectivity index (χ0n) is 9.64. The van der Waals surface area contributed by atoms with Gasteiger partial charge in [-0.1, -0.05) is 11.6 Å². The lowest BCUT2D eigenvalue weighted by molar-refractivity contribution is -0.144. The summed E-state index contributed by atoms with van der Waals surface area (Å²) in [5.74, 6) is -0.463. The van der Waals surface area contributed by atoms with Gasteiger partial charge in [0, 0.05) is 0 Å². The Morgan fingerprint density at radius 3 is 2.50 bits per heavy atom. The molecule has 6 nitrogen and oxygen atoms in total. The van der Waals surface area contributed by atoms with Crippen molar-refractivity contribution in [3.05, 3.63) is 11.6 Å². The maximum absolute atomic E-state index is 11.4. The van der Waals surface area contributed by atoms with Gasteiger partial charge >= 0.3 is 13.6 Å². The summed E-state index contributed by atoms with van der Waals surface area (Å²) in [6, 6.07) is -0.675. The van der Waals surface area contributed by atoms with Gasteiger partial charge in [-0.05, 0) is 20.9 Å². The molecule has 0 bridgehead atoms. The van der Waals surface area contributed by atoms with Crippen LogP contribution in [0.25, 0.3) is 0 Å². The largest absolute Gasteiger partial charge is 0.465 e. The van der Waals surface area contributed by atoms with E-state index in [2.05, 4.69) is 5.32 Å². The molecule has 0 aliphatic rings. The van der Waals surface area contributed by atoms with Gasteiger partial charge in [-0.15, -0.1) is 0 Å². The van der Waals surface area contributed by atoms with Crippen LogP contribution in [0.5, 0.6) is 0 Å². The lowest BCUT2D eigenvalue weighted by Gasteiger charge is -2.12. The fourth-order valence-electron chi connectivity index (χ4n) is 1.16. The molecule has 0 aromatic rings. The topological polar surface area (TPSA) is 95.9 Å². The summed E-state index contributed by atoms with van der Waals surface area (Å²) >= 11 is 0. The third-order valence-corrected chi connectivity index (χ3v) is 2.67. The third-order valence-electron chi connectivity index (χ3n) is 1.76. The highest BCUT2D eigenvalue weighted by Gasteiger charge is 2.18. The Kier molecular flexibility index (Phi) is 6.52. The molecule has 0 saturated carbocycles. The van der Waals surface area contributed by atoms with Crippen molar-refractivity contribution >= 4 is 13.6 Å². The maximum atomic E-state index is 11.4. The van der Waals surface area contributed by atoms with Crippen LogP contribution in [0.15, 0.2) is 11.6 Å². The molecule has 0 heterocycles. The second-order valence-corrected chi connectivity index (χ2v) is 5.00. The molecule has 0 fully saturated rings. The number of carbonyl (C=O) groups is 1. The van der Waals surface area contributed by atoms with Crippen LogP contribution >= 0.6 is 7.60 Å². The average Bonchev–Trinajstić information content (AvgIpc) is 2.11. The summed E-state index contributed by atoms with van der Waals surface area (Å²) in [6.45, 7) is 3.52. The standard InChI is InChI=1S/C9H18NO5P/c1-4-15-9(11)8(10-3)5-7(2)6-16(12,13)14/h5,8,10H,4,6H2,1-3H3,(H2,12,13,14). The Bertz CT molecular complexity index is 309. The first-order valence-electron chi connectivity index (χ1n) is 4.86. The lowest BCUT2D eigenvalue weighted by Crippen LogP contribution is -2.34. The van der Waals surface area contributed by atoms with Crippen molar-refractivity contribution < 1.29 is 23.9 Å². The predicted octanol–water partition coefficient (Wildman–Crippen LogP) is 0.261. The summed E-state index contributed by atoms with van der Waals surface area (Å²) in [4.78, 5) is 28.9. The first kappa shape index (κ1) is 15.3. The molecule has 16 heavy (non-hydrogen) atoms. The number of rotatable bonds is 6. The van der Waals surface area contributed by atoms with E-state index in [4.69, 9.17) is 14.5 Å². The molecule has 3 N–H and O–H groups in total. The number of carbonyl (C=O) groups excluding carboxylic acids is 1. The van der Waals surface area contributed by atoms with E-state index in [1.807, 2.05) is 0 Å². The van der Waals surface area contributed by atoms with Crippen LogP contribution < -0.4 is 5.32 Å². The number of allylic oxidation sites excluding steroid dienone is 1. The van der Waals surface area contributed by atoms with Crippen LogP contribution in [0.1, 0.15) is 13.8 Å². The molecule has 0 aliphatic carbocycles. The van der Waals surface area contributed by atoms with Crippen molar-refractivity contribution in [2.45, 2.75) is 19.9 Å². The Morgan fingerprint density at radius 2 is 2.12 bits per heavy atom. The van der Waals surface area contributed by atoms with Crippen molar-refractivity contribution in [1.82, 2.24) is 5.32 Å². The van der Waals surface area contributed by atoms with Crippen LogP contribution in [0.3, 0.4) is 0 Å². The van der Waals surface area contributed by atoms with Crippen LogP contribution in [-0.2, 0) is 14.1 Å². The minimum atomic E-state index is -4.08. The van der Waals surface area contributed by atoms with Crippen molar-refractivity contribution in [2.75, 3.05) is 19.8 Å². The molecular weight excluding hydrogens is 233 g/mol. The Hall–Kier alpha value is -0.680. The predicted molar refractivity (Wildman–Crippen MR) is 60.1 cm³/mol. The molecule has 0 saturated heterocycles. The van der Waals surface area contributed by atoms with Gasteiger partial charge in [0.2, 0.25) is 0 Å². The molecule has 0 aliphatic heterocycles. The van der Waals surface area contributed by atoms with E-state index in [0.29, 0.717) is 5.57 Å². The van der Waals surface area contributed by atoms with Gasteiger partial charge in [-0.2, -0.15) is 0 Å². The quantitative estimate of drug-likeness (QED) is 0.356. The zero-order valence-corrected chi connectivity index (χ0v) is 10.5. The first-order valence-corrected chi connectivity index (χ1v) is 6.65. The van der Waals surface area contributed by atoms with E-state index >= 15 is 0 Å². The third kappa shape index (κ3) is 6.74. The second-order valence-electron chi connectivity index (χ2n) is 3.35. The molecule has 0 amide bonds. The second kappa shape index (κ2) is 6.81. The smallest absolute Gasteiger partial charge is 0.329 e. The minimum absolute atomic E-state index is 0.266. The summed E-state index contributed by atoms with van der Waals surface area (Å²) in [5, 5.41) is 2.70. The van der Waals surface area contributed by atoms with Gasteiger partial charge in [-0.3, -0.25) is 9.36 Å². The molecule has 94 valence electrons. The van der Waals surface area contributed by atoms with E-state index < -0.39 is 19.6 Å². The SMILES string of the molecule is CCOC(=O)C(C=C(C)CP(=O)(O)O)NC. The van der Waals surface area contributed by atoms with Crippen LogP contribution in [0.4, 0.5) is 0 Å². The number of nitrogens with one attached hydrogen (secondary N) is 1. The van der Waals surface area contributed by atoms with Gasteiger partial charge in [0.05, 0.1) is 12.8 Å². The van der Waals surface area contributed by atoms with Crippen LogP contribution in [0, 0.1) is 0 Å². The minimum Gasteiger partial charge on any atom is -0.465 e. The summed E-state index contributed by atoms with van der Waals surface area (Å²) in [7, 11) is -2.51. The van der Waals surface area contributed by atoms with Gasteiger partial charge in [0.15, 0.2) is 0 Å². The highest BCUT2D eigenvalue weighted by molar-refractivity contribution is 7.52. The highest BCUT2D eigenvalue weighted by Crippen LogP contribution is 2.36. The van der Waals surface area contributed by atoms with Gasteiger partial charge < -0.3 is 19.8 Å². The van der Waals surface area contributed by atoms with Crippen molar-refractivity contribution in [3.8, 4) is 0 Å². The van der Waals surface area contributed by atoms with E-state index in [1.54, 1.807) is 20.9 Å². The number of hydrogen-bond acceptors (Lipinski definition) is 4. The molecule has 1 unspecified atom stereocenters. The first-order chi connectivity index (χ1) is 7.30. The van der Waals surface area contributed by atoms with Crippen LogP contribution in [-0.4, -0.2) is 41.6 Å². The summed E-state index contributed by atoms with van der Waals surface area (Å²) < 4.78 is 15.5. The fourth-order valence-corrected chi connectivity index (χ4v) is 1.92. The molecule has 0 aromatic heterocycles. The Morgan fingerprint density at radius 1 is 1.56 bits per heavy atom. The number of esters is 1. The number of likely N-dealkylation sites (N-methyl/N-ethyl adjacent to an activating group) is 1. The number of hydrogen-bond donors (Lipinski definition) is 3. The van der Waals surface area contributed by atoms with Crippen molar-refractivity contribution in [3.63, 3.8) is 0 Å². The molecule has 1 atom stereocenters. The van der Waals surface area contributed by atoms with Gasteiger partial charge in [-0.25, -0.2) is 0 Å². The summed E-state index contributed by atoms with van der Waals surface area (Å²) in [6.07, 6.45) is 1.10. The Balaban J connectivity index is 4.56. The van der Waals surface area contributed by atoms with Gasteiger partial charge in [0.1, 0.15) is 6.04 Å². The van der Waals surface area contributed by atoms with E-state index in [1.165, 1.54) is 6.08 Å². The van der Waals surface area contributed by atoms with Gasteiger partial charge in [0.25, 0.3) is 0 Å².